The third kappa shape index (κ3) is 25.0. The summed E-state index contributed by atoms with van der Waals surface area (Å²) in [5.74, 6) is 0.835. The van der Waals surface area contributed by atoms with Crippen molar-refractivity contribution in [3.63, 3.8) is 0 Å². The van der Waals surface area contributed by atoms with Crippen LogP contribution in [-0.4, -0.2) is 49.5 Å². The molecule has 0 N–H and O–H groups in total. The first kappa shape index (κ1) is 31.1. The molecule has 1 radical (unpaired) electrons. The molecule has 0 aromatic rings. The van der Waals surface area contributed by atoms with Gasteiger partial charge in [-0.1, -0.05) is 129 Å². The molecule has 165 valence electrons. The molecule has 0 saturated heterocycles. The molecule has 0 amide bonds. The molecule has 0 spiro atoms. The second-order valence-electron chi connectivity index (χ2n) is 8.52. The maximum Gasteiger partial charge on any atom is 0.150 e. The van der Waals surface area contributed by atoms with Gasteiger partial charge in [0.25, 0.3) is 0 Å². The van der Waals surface area contributed by atoms with Crippen molar-refractivity contribution in [1.82, 2.24) is 0 Å². The predicted molar refractivity (Wildman–Crippen MR) is 128 cm³/mol. The molecule has 0 aromatic carbocycles. The van der Waals surface area contributed by atoms with Crippen molar-refractivity contribution in [2.75, 3.05) is 11.5 Å². The fourth-order valence-corrected chi connectivity index (χ4v) is 5.21. The average molecular weight is 426 g/mol. The molecule has 0 aliphatic carbocycles. The molecule has 0 saturated carbocycles. The van der Waals surface area contributed by atoms with Crippen molar-refractivity contribution in [2.45, 2.75) is 142 Å². The largest absolute Gasteiger partial charge is 0.229 e. The Morgan fingerprint density at radius 2 is 0.607 bits per heavy atom. The second kappa shape index (κ2) is 24.2. The van der Waals surface area contributed by atoms with Crippen molar-refractivity contribution in [1.29, 1.82) is 0 Å². The molecule has 0 rings (SSSR count). The van der Waals surface area contributed by atoms with Crippen LogP contribution in [0.5, 0.6) is 0 Å². The van der Waals surface area contributed by atoms with Gasteiger partial charge in [-0.25, -0.2) is 8.42 Å². The van der Waals surface area contributed by atoms with Crippen molar-refractivity contribution in [3.05, 3.63) is 0 Å². The minimum atomic E-state index is -2.80. The van der Waals surface area contributed by atoms with E-state index >= 15 is 0 Å². The van der Waals surface area contributed by atoms with Gasteiger partial charge in [-0.3, -0.25) is 0 Å². The smallest absolute Gasteiger partial charge is 0.150 e. The maximum absolute atomic E-state index is 12.1. The summed E-state index contributed by atoms with van der Waals surface area (Å²) in [7, 11) is -2.80. The van der Waals surface area contributed by atoms with E-state index in [0.717, 1.165) is 25.7 Å². The van der Waals surface area contributed by atoms with Gasteiger partial charge in [0.1, 0.15) is 9.84 Å². The molecule has 0 aromatic heterocycles. The van der Waals surface area contributed by atoms with Crippen LogP contribution >= 0.6 is 0 Å². The first-order chi connectivity index (χ1) is 13.1. The molecule has 0 aliphatic heterocycles. The molecular formula is C24H50NaO2S. The summed E-state index contributed by atoms with van der Waals surface area (Å²) in [6, 6.07) is 0. The summed E-state index contributed by atoms with van der Waals surface area (Å²) in [6.07, 6.45) is 25.2. The van der Waals surface area contributed by atoms with Gasteiger partial charge >= 0.3 is 0 Å². The molecule has 28 heavy (non-hydrogen) atoms. The van der Waals surface area contributed by atoms with Crippen LogP contribution in [0.3, 0.4) is 0 Å². The van der Waals surface area contributed by atoms with E-state index in [-0.39, 0.29) is 29.6 Å². The fraction of sp³-hybridized carbons (Fsp3) is 1.00. The van der Waals surface area contributed by atoms with Crippen LogP contribution in [0.15, 0.2) is 0 Å². The van der Waals surface area contributed by atoms with Crippen molar-refractivity contribution in [3.8, 4) is 0 Å². The molecule has 4 heteroatoms. The van der Waals surface area contributed by atoms with E-state index in [4.69, 9.17) is 0 Å². The van der Waals surface area contributed by atoms with Gasteiger partial charge in [0.2, 0.25) is 0 Å². The zero-order valence-electron chi connectivity index (χ0n) is 19.8. The molecule has 0 fully saturated rings. The van der Waals surface area contributed by atoms with Gasteiger partial charge in [-0.05, 0) is 12.8 Å². The summed E-state index contributed by atoms with van der Waals surface area (Å²) in [6.45, 7) is 4.51. The van der Waals surface area contributed by atoms with Gasteiger partial charge in [0, 0.05) is 29.6 Å². The second-order valence-corrected chi connectivity index (χ2v) is 10.8. The minimum Gasteiger partial charge on any atom is -0.229 e. The van der Waals surface area contributed by atoms with Crippen LogP contribution in [0.25, 0.3) is 0 Å². The molecule has 0 atom stereocenters. The number of unbranched alkanes of at least 4 members (excludes halogenated alkanes) is 18. The zero-order valence-corrected chi connectivity index (χ0v) is 22.6. The van der Waals surface area contributed by atoms with E-state index in [1.807, 2.05) is 0 Å². The topological polar surface area (TPSA) is 34.1 Å². The summed E-state index contributed by atoms with van der Waals surface area (Å²) in [5.41, 5.74) is 0. The van der Waals surface area contributed by atoms with Crippen LogP contribution < -0.4 is 0 Å². The minimum absolute atomic E-state index is 0. The van der Waals surface area contributed by atoms with E-state index in [0.29, 0.717) is 11.5 Å². The van der Waals surface area contributed by atoms with E-state index in [2.05, 4.69) is 13.8 Å². The fourth-order valence-electron chi connectivity index (χ4n) is 3.72. The molecule has 0 unspecified atom stereocenters. The maximum atomic E-state index is 12.1. The van der Waals surface area contributed by atoms with Gasteiger partial charge < -0.3 is 0 Å². The van der Waals surface area contributed by atoms with Crippen LogP contribution in [0.1, 0.15) is 142 Å². The molecule has 0 bridgehead atoms. The first-order valence-corrected chi connectivity index (χ1v) is 14.1. The van der Waals surface area contributed by atoms with Gasteiger partial charge in [0.05, 0.1) is 11.5 Å². The van der Waals surface area contributed by atoms with Gasteiger partial charge in [-0.15, -0.1) is 0 Å². The van der Waals surface area contributed by atoms with E-state index in [1.165, 1.54) is 103 Å². The number of hydrogen-bond donors (Lipinski definition) is 0. The Labute approximate surface area is 200 Å². The Bertz CT molecular complexity index is 352. The van der Waals surface area contributed by atoms with E-state index in [9.17, 15) is 8.42 Å². The Hall–Kier alpha value is 0.950. The average Bonchev–Trinajstić information content (AvgIpc) is 2.64. The van der Waals surface area contributed by atoms with Crippen molar-refractivity contribution in [2.24, 2.45) is 0 Å². The molecule has 0 heterocycles. The summed E-state index contributed by atoms with van der Waals surface area (Å²) in [5, 5.41) is 0. The van der Waals surface area contributed by atoms with Crippen LogP contribution in [0, 0.1) is 0 Å². The number of hydrogen-bond acceptors (Lipinski definition) is 2. The van der Waals surface area contributed by atoms with Gasteiger partial charge in [0.15, 0.2) is 0 Å². The van der Waals surface area contributed by atoms with Crippen LogP contribution in [-0.2, 0) is 9.84 Å². The first-order valence-electron chi connectivity index (χ1n) is 12.3. The quantitative estimate of drug-likeness (QED) is 0.131. The van der Waals surface area contributed by atoms with Crippen molar-refractivity contribution < 1.29 is 8.42 Å². The predicted octanol–water partition coefficient (Wildman–Crippen LogP) is 7.86. The summed E-state index contributed by atoms with van der Waals surface area (Å²) < 4.78 is 24.2. The molecule has 2 nitrogen and oxygen atoms in total. The summed E-state index contributed by atoms with van der Waals surface area (Å²) >= 11 is 0. The third-order valence-corrected chi connectivity index (χ3v) is 7.44. The normalized spacial score (nSPS) is 11.5. The number of rotatable bonds is 22. The Balaban J connectivity index is 0. The van der Waals surface area contributed by atoms with E-state index < -0.39 is 9.84 Å². The monoisotopic (exact) mass is 425 g/mol. The van der Waals surface area contributed by atoms with Crippen LogP contribution in [0.4, 0.5) is 0 Å². The van der Waals surface area contributed by atoms with Crippen molar-refractivity contribution >= 4 is 39.4 Å². The standard InChI is InChI=1S/C24H50O2S.Na/c1-3-5-7-9-11-13-15-17-19-21-23-27(25,26)24-22-20-18-16-14-12-10-8-6-4-2;/h3-24H2,1-2H3;. The number of sulfone groups is 1. The van der Waals surface area contributed by atoms with Gasteiger partial charge in [-0.2, -0.15) is 0 Å². The summed E-state index contributed by atoms with van der Waals surface area (Å²) in [4.78, 5) is 0. The van der Waals surface area contributed by atoms with E-state index in [1.54, 1.807) is 0 Å². The van der Waals surface area contributed by atoms with Crippen LogP contribution in [0.2, 0.25) is 0 Å². The SMILES string of the molecule is CCCCCCCCCCCCS(=O)(=O)CCCCCCCCCCCC.[Na]. The molecule has 0 aliphatic rings. The Morgan fingerprint density at radius 1 is 0.393 bits per heavy atom. The molecular weight excluding hydrogens is 375 g/mol. The third-order valence-electron chi connectivity index (χ3n) is 5.62. The Kier molecular flexibility index (Phi) is 26.9. The zero-order chi connectivity index (χ0) is 20.1. The Morgan fingerprint density at radius 3 is 0.857 bits per heavy atom.